The first kappa shape index (κ1) is 11.8. The fraction of sp³-hybridized carbons (Fsp3) is 0.400. The molecule has 0 amide bonds. The lowest BCUT2D eigenvalue weighted by molar-refractivity contribution is 0.453. The van der Waals surface area contributed by atoms with E-state index in [1.165, 1.54) is 12.8 Å². The van der Waals surface area contributed by atoms with Crippen molar-refractivity contribution in [3.63, 3.8) is 0 Å². The summed E-state index contributed by atoms with van der Waals surface area (Å²) in [7, 11) is 0. The van der Waals surface area contributed by atoms with Crippen molar-refractivity contribution >= 4 is 28.3 Å². The van der Waals surface area contributed by atoms with E-state index in [0.29, 0.717) is 11.7 Å². The van der Waals surface area contributed by atoms with Crippen LogP contribution in [-0.4, -0.2) is 5.11 Å². The minimum Gasteiger partial charge on any atom is -0.506 e. The van der Waals surface area contributed by atoms with Gasteiger partial charge in [-0.1, -0.05) is 12.1 Å². The van der Waals surface area contributed by atoms with E-state index in [1.54, 1.807) is 0 Å². The monoisotopic (exact) mass is 277 g/mol. The standard InChI is InChI=1S/C10H12BrNO.ClH/c11-8-3-1-2-7(10(8)13)9(12)6-4-5-6;/h1-3,6,9,13H,4-5,12H2;1H/t9-;/m1./s1. The topological polar surface area (TPSA) is 46.2 Å². The number of nitrogens with two attached hydrogens (primary N) is 1. The fourth-order valence-corrected chi connectivity index (χ4v) is 1.89. The number of halogens is 2. The third-order valence-electron chi connectivity index (χ3n) is 2.51. The van der Waals surface area contributed by atoms with Crippen LogP contribution in [0.2, 0.25) is 0 Å². The molecule has 4 heteroatoms. The molecule has 1 atom stereocenters. The maximum Gasteiger partial charge on any atom is 0.134 e. The van der Waals surface area contributed by atoms with Crippen molar-refractivity contribution in [2.45, 2.75) is 18.9 Å². The van der Waals surface area contributed by atoms with E-state index in [-0.39, 0.29) is 18.4 Å². The Bertz CT molecular complexity index is 328. The number of rotatable bonds is 2. The van der Waals surface area contributed by atoms with Crippen molar-refractivity contribution in [1.29, 1.82) is 0 Å². The molecule has 14 heavy (non-hydrogen) atoms. The van der Waals surface area contributed by atoms with E-state index in [2.05, 4.69) is 15.9 Å². The van der Waals surface area contributed by atoms with Crippen LogP contribution in [0.4, 0.5) is 0 Å². The zero-order valence-electron chi connectivity index (χ0n) is 7.61. The highest BCUT2D eigenvalue weighted by Crippen LogP contribution is 2.43. The van der Waals surface area contributed by atoms with E-state index in [9.17, 15) is 5.11 Å². The number of phenols is 1. The van der Waals surface area contributed by atoms with Gasteiger partial charge in [0.1, 0.15) is 5.75 Å². The van der Waals surface area contributed by atoms with Gasteiger partial charge in [-0.25, -0.2) is 0 Å². The third kappa shape index (κ3) is 2.22. The molecule has 2 nitrogen and oxygen atoms in total. The minimum atomic E-state index is -0.00231. The van der Waals surface area contributed by atoms with E-state index < -0.39 is 0 Å². The van der Waals surface area contributed by atoms with Gasteiger partial charge in [0, 0.05) is 11.6 Å². The Morgan fingerprint density at radius 3 is 2.64 bits per heavy atom. The molecular weight excluding hydrogens is 265 g/mol. The Balaban J connectivity index is 0.000000980. The van der Waals surface area contributed by atoms with E-state index >= 15 is 0 Å². The lowest BCUT2D eigenvalue weighted by Crippen LogP contribution is -2.12. The quantitative estimate of drug-likeness (QED) is 0.873. The third-order valence-corrected chi connectivity index (χ3v) is 3.15. The van der Waals surface area contributed by atoms with Gasteiger partial charge in [-0.15, -0.1) is 12.4 Å². The summed E-state index contributed by atoms with van der Waals surface area (Å²) in [4.78, 5) is 0. The Hall–Kier alpha value is -0.250. The second-order valence-electron chi connectivity index (χ2n) is 3.54. The number of para-hydroxylation sites is 1. The maximum atomic E-state index is 9.72. The molecule has 1 aliphatic rings. The maximum absolute atomic E-state index is 9.72. The van der Waals surface area contributed by atoms with Gasteiger partial charge in [0.05, 0.1) is 4.47 Å². The Morgan fingerprint density at radius 1 is 1.43 bits per heavy atom. The number of benzene rings is 1. The number of phenolic OH excluding ortho intramolecular Hbond substituents is 1. The highest BCUT2D eigenvalue weighted by atomic mass is 79.9. The molecule has 0 unspecified atom stereocenters. The van der Waals surface area contributed by atoms with Crippen molar-refractivity contribution in [3.05, 3.63) is 28.2 Å². The molecule has 0 bridgehead atoms. The van der Waals surface area contributed by atoms with E-state index in [4.69, 9.17) is 5.73 Å². The first-order valence-corrected chi connectivity index (χ1v) is 5.22. The molecule has 3 N–H and O–H groups in total. The molecule has 2 rings (SSSR count). The molecule has 0 saturated heterocycles. The van der Waals surface area contributed by atoms with Crippen LogP contribution in [0.25, 0.3) is 0 Å². The first-order valence-electron chi connectivity index (χ1n) is 4.43. The summed E-state index contributed by atoms with van der Waals surface area (Å²) in [5, 5.41) is 9.72. The predicted molar refractivity (Wildman–Crippen MR) is 62.7 cm³/mol. The second-order valence-corrected chi connectivity index (χ2v) is 4.40. The smallest absolute Gasteiger partial charge is 0.134 e. The van der Waals surface area contributed by atoms with Gasteiger partial charge in [0.25, 0.3) is 0 Å². The average Bonchev–Trinajstić information content (AvgIpc) is 2.91. The van der Waals surface area contributed by atoms with Gasteiger partial charge in [-0.2, -0.15) is 0 Å². The number of hydrogen-bond donors (Lipinski definition) is 2. The summed E-state index contributed by atoms with van der Waals surface area (Å²) in [6.07, 6.45) is 2.38. The SMILES string of the molecule is Cl.N[C@@H](c1cccc(Br)c1O)C1CC1. The van der Waals surface area contributed by atoms with Gasteiger partial charge < -0.3 is 10.8 Å². The summed E-state index contributed by atoms with van der Waals surface area (Å²) in [6, 6.07) is 5.61. The molecule has 0 aromatic heterocycles. The largest absolute Gasteiger partial charge is 0.506 e. The molecule has 1 aromatic rings. The summed E-state index contributed by atoms with van der Waals surface area (Å²) in [5.74, 6) is 0.863. The van der Waals surface area contributed by atoms with E-state index in [0.717, 1.165) is 10.0 Å². The van der Waals surface area contributed by atoms with Crippen molar-refractivity contribution in [2.75, 3.05) is 0 Å². The molecule has 0 heterocycles. The lowest BCUT2D eigenvalue weighted by Gasteiger charge is -2.13. The molecule has 1 aromatic carbocycles. The van der Waals surface area contributed by atoms with Crippen molar-refractivity contribution in [1.82, 2.24) is 0 Å². The molecule has 78 valence electrons. The Morgan fingerprint density at radius 2 is 2.07 bits per heavy atom. The summed E-state index contributed by atoms with van der Waals surface area (Å²) in [5.41, 5.74) is 6.85. The molecule has 1 fully saturated rings. The van der Waals surface area contributed by atoms with Gasteiger partial charge in [0.15, 0.2) is 0 Å². The molecule has 1 saturated carbocycles. The van der Waals surface area contributed by atoms with Crippen LogP contribution < -0.4 is 5.73 Å². The minimum absolute atomic E-state index is 0. The molecule has 0 radical (unpaired) electrons. The normalized spacial score (nSPS) is 17.3. The van der Waals surface area contributed by atoms with Crippen LogP contribution in [0.5, 0.6) is 5.75 Å². The number of hydrogen-bond acceptors (Lipinski definition) is 2. The molecule has 1 aliphatic carbocycles. The van der Waals surface area contributed by atoms with Crippen LogP contribution in [0.3, 0.4) is 0 Å². The van der Waals surface area contributed by atoms with Gasteiger partial charge in [-0.05, 0) is 40.8 Å². The van der Waals surface area contributed by atoms with E-state index in [1.807, 2.05) is 18.2 Å². The Kier molecular flexibility index (Phi) is 3.81. The van der Waals surface area contributed by atoms with Crippen LogP contribution in [0.1, 0.15) is 24.4 Å². The van der Waals surface area contributed by atoms with Crippen LogP contribution in [-0.2, 0) is 0 Å². The van der Waals surface area contributed by atoms with Gasteiger partial charge in [0.2, 0.25) is 0 Å². The molecule has 0 spiro atoms. The lowest BCUT2D eigenvalue weighted by atomic mass is 10.0. The highest BCUT2D eigenvalue weighted by molar-refractivity contribution is 9.10. The summed E-state index contributed by atoms with van der Waals surface area (Å²) in [6.45, 7) is 0. The van der Waals surface area contributed by atoms with Crippen LogP contribution in [0, 0.1) is 5.92 Å². The van der Waals surface area contributed by atoms with Crippen LogP contribution in [0.15, 0.2) is 22.7 Å². The summed E-state index contributed by atoms with van der Waals surface area (Å²) >= 11 is 3.28. The average molecular weight is 279 g/mol. The summed E-state index contributed by atoms with van der Waals surface area (Å²) < 4.78 is 0.723. The predicted octanol–water partition coefficient (Wildman–Crippen LogP) is 2.99. The second kappa shape index (κ2) is 4.51. The van der Waals surface area contributed by atoms with Gasteiger partial charge in [-0.3, -0.25) is 0 Å². The van der Waals surface area contributed by atoms with Crippen LogP contribution >= 0.6 is 28.3 Å². The zero-order valence-corrected chi connectivity index (χ0v) is 10.0. The highest BCUT2D eigenvalue weighted by Gasteiger charge is 2.31. The van der Waals surface area contributed by atoms with Gasteiger partial charge >= 0.3 is 0 Å². The fourth-order valence-electron chi connectivity index (χ4n) is 1.51. The number of aromatic hydroxyl groups is 1. The zero-order chi connectivity index (χ0) is 9.42. The molecular formula is C10H13BrClNO. The first-order chi connectivity index (χ1) is 6.20. The van der Waals surface area contributed by atoms with Crippen molar-refractivity contribution in [3.8, 4) is 5.75 Å². The Labute approximate surface area is 98.0 Å². The van der Waals surface area contributed by atoms with Crippen molar-refractivity contribution in [2.24, 2.45) is 11.7 Å². The van der Waals surface area contributed by atoms with Crippen molar-refractivity contribution < 1.29 is 5.11 Å². The molecule has 0 aliphatic heterocycles.